The summed E-state index contributed by atoms with van der Waals surface area (Å²) in [6.45, 7) is 2.72. The summed E-state index contributed by atoms with van der Waals surface area (Å²) in [5.41, 5.74) is 6.00. The molecule has 8 nitrogen and oxygen atoms in total. The van der Waals surface area contributed by atoms with Crippen LogP contribution < -0.4 is 16.2 Å². The van der Waals surface area contributed by atoms with Gasteiger partial charge in [0.2, 0.25) is 5.95 Å². The Morgan fingerprint density at radius 1 is 1.45 bits per heavy atom. The lowest BCUT2D eigenvalue weighted by Crippen LogP contribution is -2.20. The van der Waals surface area contributed by atoms with Crippen LogP contribution in [0.5, 0.6) is 0 Å². The number of aryl methyl sites for hydroxylation is 1. The zero-order valence-electron chi connectivity index (χ0n) is 11.1. The molecule has 3 aromatic rings. The van der Waals surface area contributed by atoms with Gasteiger partial charge in [-0.05, 0) is 6.92 Å². The Morgan fingerprint density at radius 3 is 3.00 bits per heavy atom. The third kappa shape index (κ3) is 2.17. The van der Waals surface area contributed by atoms with Crippen molar-refractivity contribution in [2.24, 2.45) is 5.84 Å². The first kappa shape index (κ1) is 12.8. The number of aromatic amines is 1. The van der Waals surface area contributed by atoms with Crippen LogP contribution >= 0.6 is 11.3 Å². The number of hydrogen-bond acceptors (Lipinski definition) is 8. The number of nitrogen functional groups attached to an aromatic ring is 1. The summed E-state index contributed by atoms with van der Waals surface area (Å²) in [5.74, 6) is 6.52. The third-order valence-electron chi connectivity index (χ3n) is 3.01. The van der Waals surface area contributed by atoms with Crippen molar-refractivity contribution in [3.63, 3.8) is 0 Å². The standard InChI is InChI=1S/C11H14N8S/c1-6-8(20-5-13-6)4-19(2)10-7-3-14-18-9(7)15-11(16-10)17-12/h3,5H,4,12H2,1-2H3,(H2,14,15,16,17,18). The van der Waals surface area contributed by atoms with Crippen molar-refractivity contribution < 1.29 is 0 Å². The fourth-order valence-electron chi connectivity index (χ4n) is 1.94. The maximum absolute atomic E-state index is 5.40. The predicted molar refractivity (Wildman–Crippen MR) is 78.5 cm³/mol. The molecule has 0 bridgehead atoms. The number of rotatable bonds is 4. The first-order chi connectivity index (χ1) is 9.69. The van der Waals surface area contributed by atoms with Gasteiger partial charge in [0.1, 0.15) is 5.82 Å². The van der Waals surface area contributed by atoms with E-state index in [1.807, 2.05) is 24.4 Å². The fraction of sp³-hybridized carbons (Fsp3) is 0.273. The maximum Gasteiger partial charge on any atom is 0.241 e. The number of H-pyrrole nitrogens is 1. The Balaban J connectivity index is 2.00. The van der Waals surface area contributed by atoms with Crippen LogP contribution in [0.25, 0.3) is 11.0 Å². The number of thiazole rings is 1. The van der Waals surface area contributed by atoms with E-state index in [1.54, 1.807) is 17.5 Å². The average molecular weight is 290 g/mol. The Morgan fingerprint density at radius 2 is 2.30 bits per heavy atom. The van der Waals surface area contributed by atoms with Gasteiger partial charge < -0.3 is 4.90 Å². The lowest BCUT2D eigenvalue weighted by atomic mass is 10.3. The van der Waals surface area contributed by atoms with E-state index < -0.39 is 0 Å². The second kappa shape index (κ2) is 5.02. The highest BCUT2D eigenvalue weighted by Gasteiger charge is 2.14. The van der Waals surface area contributed by atoms with Gasteiger partial charge in [-0.1, -0.05) is 0 Å². The van der Waals surface area contributed by atoms with Gasteiger partial charge in [-0.25, -0.2) is 10.8 Å². The summed E-state index contributed by atoms with van der Waals surface area (Å²) in [6, 6.07) is 0. The molecule has 0 radical (unpaired) electrons. The number of nitrogens with one attached hydrogen (secondary N) is 2. The highest BCUT2D eigenvalue weighted by molar-refractivity contribution is 7.09. The molecule has 3 heterocycles. The third-order valence-corrected chi connectivity index (χ3v) is 3.93. The number of nitrogens with two attached hydrogens (primary N) is 1. The molecule has 0 amide bonds. The van der Waals surface area contributed by atoms with E-state index in [4.69, 9.17) is 5.84 Å². The SMILES string of the molecule is Cc1ncsc1CN(C)c1nc(NN)nc2[nH]ncc12. The van der Waals surface area contributed by atoms with Crippen LogP contribution in [0.3, 0.4) is 0 Å². The molecule has 9 heteroatoms. The van der Waals surface area contributed by atoms with E-state index in [1.165, 1.54) is 4.88 Å². The molecule has 0 aliphatic heterocycles. The molecule has 3 rings (SSSR count). The molecule has 3 aromatic heterocycles. The van der Waals surface area contributed by atoms with Gasteiger partial charge in [-0.3, -0.25) is 10.5 Å². The van der Waals surface area contributed by atoms with Crippen molar-refractivity contribution in [1.82, 2.24) is 25.1 Å². The molecule has 0 atom stereocenters. The van der Waals surface area contributed by atoms with E-state index in [0.717, 1.165) is 23.4 Å². The minimum atomic E-state index is 0.352. The minimum absolute atomic E-state index is 0.352. The number of fused-ring (bicyclic) bond motifs is 1. The molecule has 0 unspecified atom stereocenters. The zero-order valence-corrected chi connectivity index (χ0v) is 11.9. The number of hydrogen-bond donors (Lipinski definition) is 3. The highest BCUT2D eigenvalue weighted by Crippen LogP contribution is 2.25. The Labute approximate surface area is 119 Å². The average Bonchev–Trinajstić information content (AvgIpc) is 3.06. The van der Waals surface area contributed by atoms with Crippen LogP contribution in [0.1, 0.15) is 10.6 Å². The van der Waals surface area contributed by atoms with Crippen molar-refractivity contribution in [1.29, 1.82) is 0 Å². The molecule has 0 aromatic carbocycles. The number of anilines is 2. The van der Waals surface area contributed by atoms with Crippen molar-refractivity contribution in [3.8, 4) is 0 Å². The monoisotopic (exact) mass is 290 g/mol. The van der Waals surface area contributed by atoms with Gasteiger partial charge in [0, 0.05) is 11.9 Å². The normalized spacial score (nSPS) is 10.9. The first-order valence-corrected chi connectivity index (χ1v) is 6.85. The van der Waals surface area contributed by atoms with Crippen LogP contribution in [-0.2, 0) is 6.54 Å². The van der Waals surface area contributed by atoms with Crippen molar-refractivity contribution >= 4 is 34.1 Å². The van der Waals surface area contributed by atoms with Crippen molar-refractivity contribution in [2.75, 3.05) is 17.4 Å². The molecule has 0 saturated carbocycles. The summed E-state index contributed by atoms with van der Waals surface area (Å²) in [7, 11) is 1.97. The van der Waals surface area contributed by atoms with Gasteiger partial charge in [-0.15, -0.1) is 11.3 Å². The lowest BCUT2D eigenvalue weighted by molar-refractivity contribution is 0.903. The summed E-state index contributed by atoms with van der Waals surface area (Å²) >= 11 is 1.63. The molecule has 20 heavy (non-hydrogen) atoms. The van der Waals surface area contributed by atoms with E-state index >= 15 is 0 Å². The van der Waals surface area contributed by atoms with Crippen molar-refractivity contribution in [2.45, 2.75) is 13.5 Å². The van der Waals surface area contributed by atoms with Gasteiger partial charge in [-0.2, -0.15) is 15.1 Å². The summed E-state index contributed by atoms with van der Waals surface area (Å²) in [6.07, 6.45) is 1.71. The van der Waals surface area contributed by atoms with Gasteiger partial charge in [0.15, 0.2) is 5.65 Å². The van der Waals surface area contributed by atoms with E-state index in [-0.39, 0.29) is 0 Å². The molecular weight excluding hydrogens is 276 g/mol. The molecule has 0 aliphatic rings. The zero-order chi connectivity index (χ0) is 14.1. The molecule has 0 fully saturated rings. The minimum Gasteiger partial charge on any atom is -0.354 e. The van der Waals surface area contributed by atoms with Gasteiger partial charge >= 0.3 is 0 Å². The van der Waals surface area contributed by atoms with E-state index in [9.17, 15) is 0 Å². The molecular formula is C11H14N8S. The van der Waals surface area contributed by atoms with Crippen molar-refractivity contribution in [3.05, 3.63) is 22.3 Å². The molecule has 104 valence electrons. The number of aromatic nitrogens is 5. The maximum atomic E-state index is 5.40. The summed E-state index contributed by atoms with van der Waals surface area (Å²) in [5, 5.41) is 7.68. The Kier molecular flexibility index (Phi) is 3.20. The molecule has 0 aliphatic carbocycles. The molecule has 4 N–H and O–H groups in total. The summed E-state index contributed by atoms with van der Waals surface area (Å²) < 4.78 is 0. The largest absolute Gasteiger partial charge is 0.354 e. The summed E-state index contributed by atoms with van der Waals surface area (Å²) in [4.78, 5) is 16.1. The number of hydrazine groups is 1. The molecule has 0 saturated heterocycles. The fourth-order valence-corrected chi connectivity index (χ4v) is 2.77. The molecule has 0 spiro atoms. The van der Waals surface area contributed by atoms with Crippen LogP contribution in [0.2, 0.25) is 0 Å². The van der Waals surface area contributed by atoms with Gasteiger partial charge in [0.05, 0.1) is 29.3 Å². The number of nitrogens with zero attached hydrogens (tertiary/aromatic N) is 5. The lowest BCUT2D eigenvalue weighted by Gasteiger charge is -2.18. The van der Waals surface area contributed by atoms with Crippen LogP contribution in [0.4, 0.5) is 11.8 Å². The van der Waals surface area contributed by atoms with E-state index in [2.05, 4.69) is 30.6 Å². The topological polar surface area (TPSA) is 109 Å². The van der Waals surface area contributed by atoms with Gasteiger partial charge in [0.25, 0.3) is 0 Å². The van der Waals surface area contributed by atoms with Crippen LogP contribution in [0.15, 0.2) is 11.7 Å². The highest BCUT2D eigenvalue weighted by atomic mass is 32.1. The second-order valence-electron chi connectivity index (χ2n) is 4.36. The van der Waals surface area contributed by atoms with Crippen LogP contribution in [0, 0.1) is 6.92 Å². The smallest absolute Gasteiger partial charge is 0.241 e. The van der Waals surface area contributed by atoms with E-state index in [0.29, 0.717) is 11.6 Å². The first-order valence-electron chi connectivity index (χ1n) is 5.97. The Hall–Kier alpha value is -2.26. The predicted octanol–water partition coefficient (Wildman–Crippen LogP) is 1.04. The quantitative estimate of drug-likeness (QED) is 0.486. The van der Waals surface area contributed by atoms with Crippen LogP contribution in [-0.4, -0.2) is 32.2 Å². The Bertz CT molecular complexity index is 733. The second-order valence-corrected chi connectivity index (χ2v) is 5.30.